The van der Waals surface area contributed by atoms with Gasteiger partial charge in [-0.2, -0.15) is 0 Å². The van der Waals surface area contributed by atoms with Crippen LogP contribution in [-0.2, 0) is 4.74 Å². The predicted octanol–water partition coefficient (Wildman–Crippen LogP) is 4.79. The van der Waals surface area contributed by atoms with Crippen molar-refractivity contribution >= 4 is 11.8 Å². The smallest absolute Gasteiger partial charge is 0.430 e. The molecule has 0 aliphatic rings. The van der Waals surface area contributed by atoms with E-state index in [1.54, 1.807) is 38.1 Å². The van der Waals surface area contributed by atoms with Crippen LogP contribution in [0.3, 0.4) is 0 Å². The number of carbonyl (C=O) groups is 1. The number of alkyl halides is 3. The number of hydrogen-bond donors (Lipinski definition) is 1. The van der Waals surface area contributed by atoms with Gasteiger partial charge in [0, 0.05) is 11.3 Å². The minimum absolute atomic E-state index is 0.330. The van der Waals surface area contributed by atoms with Gasteiger partial charge in [0.25, 0.3) is 0 Å². The zero-order valence-electron chi connectivity index (χ0n) is 16.5. The summed E-state index contributed by atoms with van der Waals surface area (Å²) in [4.78, 5) is 16.1. The lowest BCUT2D eigenvalue weighted by Gasteiger charge is -2.18. The molecule has 0 spiro atoms. The molecule has 160 valence electrons. The van der Waals surface area contributed by atoms with E-state index < -0.39 is 18.1 Å². The lowest BCUT2D eigenvalue weighted by atomic mass is 10.1. The SMILES string of the molecule is C#CC(C)(C)OC(=O)Nc1ccc(-c2ncn(-c3ccc(OC(F)(F)F)cc3)n2)cc1. The van der Waals surface area contributed by atoms with E-state index in [1.165, 1.54) is 35.3 Å². The Morgan fingerprint density at radius 3 is 2.32 bits per heavy atom. The predicted molar refractivity (Wildman–Crippen MR) is 106 cm³/mol. The van der Waals surface area contributed by atoms with Gasteiger partial charge in [-0.15, -0.1) is 24.7 Å². The molecule has 1 aromatic heterocycles. The first kappa shape index (κ1) is 21.7. The van der Waals surface area contributed by atoms with Gasteiger partial charge in [0.2, 0.25) is 0 Å². The van der Waals surface area contributed by atoms with Crippen molar-refractivity contribution in [1.29, 1.82) is 0 Å². The summed E-state index contributed by atoms with van der Waals surface area (Å²) in [6.45, 7) is 3.18. The zero-order chi connectivity index (χ0) is 22.6. The number of terminal acetylenes is 1. The van der Waals surface area contributed by atoms with Gasteiger partial charge in [0.05, 0.1) is 5.69 Å². The van der Waals surface area contributed by atoms with E-state index in [-0.39, 0.29) is 5.75 Å². The highest BCUT2D eigenvalue weighted by molar-refractivity contribution is 5.85. The monoisotopic (exact) mass is 430 g/mol. The van der Waals surface area contributed by atoms with Gasteiger partial charge < -0.3 is 9.47 Å². The summed E-state index contributed by atoms with van der Waals surface area (Å²) in [6, 6.07) is 11.9. The number of halogens is 3. The topological polar surface area (TPSA) is 78.3 Å². The molecule has 3 rings (SSSR count). The van der Waals surface area contributed by atoms with Crippen LogP contribution in [0.5, 0.6) is 5.75 Å². The fourth-order valence-corrected chi connectivity index (χ4v) is 2.43. The second-order valence-electron chi connectivity index (χ2n) is 6.80. The molecule has 0 fully saturated rings. The molecule has 31 heavy (non-hydrogen) atoms. The Hall–Kier alpha value is -4.00. The summed E-state index contributed by atoms with van der Waals surface area (Å²) in [6.07, 6.45) is 1.28. The maximum Gasteiger partial charge on any atom is 0.573 e. The van der Waals surface area contributed by atoms with Crippen LogP contribution in [0, 0.1) is 12.3 Å². The van der Waals surface area contributed by atoms with E-state index in [0.717, 1.165) is 0 Å². The first-order valence-electron chi connectivity index (χ1n) is 8.91. The summed E-state index contributed by atoms with van der Waals surface area (Å²) < 4.78 is 47.1. The number of nitrogens with zero attached hydrogens (tertiary/aromatic N) is 3. The average molecular weight is 430 g/mol. The third kappa shape index (κ3) is 5.99. The number of hydrogen-bond acceptors (Lipinski definition) is 5. The molecule has 0 aliphatic carbocycles. The largest absolute Gasteiger partial charge is 0.573 e. The van der Waals surface area contributed by atoms with E-state index in [4.69, 9.17) is 11.2 Å². The van der Waals surface area contributed by atoms with Crippen molar-refractivity contribution in [2.75, 3.05) is 5.32 Å². The summed E-state index contributed by atoms with van der Waals surface area (Å²) in [5, 5.41) is 6.88. The molecule has 2 aromatic carbocycles. The van der Waals surface area contributed by atoms with Crippen molar-refractivity contribution in [3.8, 4) is 35.2 Å². The highest BCUT2D eigenvalue weighted by atomic mass is 19.4. The van der Waals surface area contributed by atoms with Crippen LogP contribution < -0.4 is 10.1 Å². The fraction of sp³-hybridized carbons (Fsp3) is 0.190. The molecule has 0 radical (unpaired) electrons. The van der Waals surface area contributed by atoms with Crippen LogP contribution in [0.1, 0.15) is 13.8 Å². The van der Waals surface area contributed by atoms with Crippen molar-refractivity contribution in [1.82, 2.24) is 14.8 Å². The van der Waals surface area contributed by atoms with Gasteiger partial charge in [-0.1, -0.05) is 5.92 Å². The molecule has 0 saturated carbocycles. The van der Waals surface area contributed by atoms with Crippen LogP contribution in [0.4, 0.5) is 23.7 Å². The van der Waals surface area contributed by atoms with E-state index in [0.29, 0.717) is 22.8 Å². The minimum atomic E-state index is -4.75. The molecule has 0 aliphatic heterocycles. The van der Waals surface area contributed by atoms with Crippen molar-refractivity contribution in [2.24, 2.45) is 0 Å². The van der Waals surface area contributed by atoms with Gasteiger partial charge in [0.1, 0.15) is 12.1 Å². The number of carbonyl (C=O) groups excluding carboxylic acids is 1. The van der Waals surface area contributed by atoms with E-state index >= 15 is 0 Å². The number of aromatic nitrogens is 3. The highest BCUT2D eigenvalue weighted by Gasteiger charge is 2.31. The van der Waals surface area contributed by atoms with Crippen LogP contribution in [0.15, 0.2) is 54.9 Å². The Morgan fingerprint density at radius 2 is 1.74 bits per heavy atom. The molecule has 1 heterocycles. The number of nitrogens with one attached hydrogen (secondary N) is 1. The average Bonchev–Trinajstić information content (AvgIpc) is 3.17. The van der Waals surface area contributed by atoms with Gasteiger partial charge in [0.15, 0.2) is 11.4 Å². The number of ether oxygens (including phenoxy) is 2. The number of anilines is 1. The minimum Gasteiger partial charge on any atom is -0.430 e. The molecular weight excluding hydrogens is 413 g/mol. The maximum atomic E-state index is 12.3. The zero-order valence-corrected chi connectivity index (χ0v) is 16.5. The molecule has 10 heteroatoms. The summed E-state index contributed by atoms with van der Waals surface area (Å²) >= 11 is 0. The second kappa shape index (κ2) is 8.39. The first-order valence-corrected chi connectivity index (χ1v) is 8.91. The van der Waals surface area contributed by atoms with Gasteiger partial charge in [-0.3, -0.25) is 5.32 Å². The lowest BCUT2D eigenvalue weighted by molar-refractivity contribution is -0.274. The first-order chi connectivity index (χ1) is 14.5. The Bertz CT molecular complexity index is 1100. The van der Waals surface area contributed by atoms with Crippen LogP contribution in [-0.4, -0.2) is 32.8 Å². The Kier molecular flexibility index (Phi) is 5.88. The molecular formula is C21H17F3N4O3. The third-order valence-corrected chi connectivity index (χ3v) is 3.91. The second-order valence-corrected chi connectivity index (χ2v) is 6.80. The number of amides is 1. The Labute approximate surface area is 175 Å². The van der Waals surface area contributed by atoms with Gasteiger partial charge >= 0.3 is 12.5 Å². The highest BCUT2D eigenvalue weighted by Crippen LogP contribution is 2.24. The molecule has 0 atom stereocenters. The van der Waals surface area contributed by atoms with Crippen LogP contribution in [0.2, 0.25) is 0 Å². The Balaban J connectivity index is 1.67. The third-order valence-electron chi connectivity index (χ3n) is 3.91. The molecule has 0 bridgehead atoms. The molecule has 3 aromatic rings. The quantitative estimate of drug-likeness (QED) is 0.589. The number of benzene rings is 2. The van der Waals surface area contributed by atoms with Crippen LogP contribution in [0.25, 0.3) is 17.1 Å². The van der Waals surface area contributed by atoms with Crippen molar-refractivity contribution in [3.05, 3.63) is 54.9 Å². The van der Waals surface area contributed by atoms with E-state index in [1.807, 2.05) is 0 Å². The standard InChI is InChI=1S/C21H17F3N4O3/c1-4-20(2,3)31-19(29)26-15-7-5-14(6-8-15)18-25-13-28(27-18)16-9-11-17(12-10-16)30-21(22,23)24/h1,5-13H,2-3H3,(H,26,29). The maximum absolute atomic E-state index is 12.3. The Morgan fingerprint density at radius 1 is 1.10 bits per heavy atom. The van der Waals surface area contributed by atoms with Crippen molar-refractivity contribution in [3.63, 3.8) is 0 Å². The normalized spacial score (nSPS) is 11.5. The van der Waals surface area contributed by atoms with Gasteiger partial charge in [-0.05, 0) is 62.4 Å². The molecule has 1 N–H and O–H groups in total. The number of rotatable bonds is 5. The molecule has 0 saturated heterocycles. The summed E-state index contributed by atoms with van der Waals surface area (Å²) in [5.74, 6) is 2.42. The van der Waals surface area contributed by atoms with Gasteiger partial charge in [-0.25, -0.2) is 14.5 Å². The lowest BCUT2D eigenvalue weighted by Crippen LogP contribution is -2.28. The molecule has 1 amide bonds. The van der Waals surface area contributed by atoms with Crippen molar-refractivity contribution in [2.45, 2.75) is 25.8 Å². The molecule has 0 unspecified atom stereocenters. The van der Waals surface area contributed by atoms with Crippen LogP contribution >= 0.6 is 0 Å². The van der Waals surface area contributed by atoms with Crippen molar-refractivity contribution < 1.29 is 27.4 Å². The summed E-state index contributed by atoms with van der Waals surface area (Å²) in [5.41, 5.74) is 0.628. The molecule has 7 nitrogen and oxygen atoms in total. The fourth-order valence-electron chi connectivity index (χ4n) is 2.43. The summed E-state index contributed by atoms with van der Waals surface area (Å²) in [7, 11) is 0. The van der Waals surface area contributed by atoms with E-state index in [2.05, 4.69) is 26.1 Å². The van der Waals surface area contributed by atoms with E-state index in [9.17, 15) is 18.0 Å².